The Labute approximate surface area is 246 Å². The monoisotopic (exact) mass is 599 g/mol. The number of thiazole rings is 1. The molecule has 4 fully saturated rings. The third-order valence-electron chi connectivity index (χ3n) is 9.13. The Morgan fingerprint density at radius 2 is 1.68 bits per heavy atom. The van der Waals surface area contributed by atoms with E-state index >= 15 is 0 Å². The lowest BCUT2D eigenvalue weighted by molar-refractivity contribution is 0.0631. The molecule has 2 amide bonds. The SMILES string of the molecule is C[C@H]1CCCCN1C(=O)c1nc(C(=O)NC2CCS(=O)(=O)CC2)sc1-c1cnc(NC2CCCCC2)cc1C1CC1. The third kappa shape index (κ3) is 6.61. The number of hydrogen-bond donors (Lipinski definition) is 2. The predicted molar refractivity (Wildman–Crippen MR) is 161 cm³/mol. The van der Waals surface area contributed by atoms with Crippen LogP contribution < -0.4 is 10.6 Å². The lowest BCUT2D eigenvalue weighted by Gasteiger charge is -2.33. The molecule has 2 aromatic rings. The number of hydrogen-bond acceptors (Lipinski definition) is 8. The first-order valence-electron chi connectivity index (χ1n) is 15.4. The molecule has 2 aliphatic heterocycles. The van der Waals surface area contributed by atoms with Gasteiger partial charge in [-0.3, -0.25) is 9.59 Å². The second kappa shape index (κ2) is 12.0. The highest BCUT2D eigenvalue weighted by molar-refractivity contribution is 7.91. The Hall–Kier alpha value is -2.53. The summed E-state index contributed by atoms with van der Waals surface area (Å²) in [6, 6.07) is 2.51. The van der Waals surface area contributed by atoms with E-state index in [0.717, 1.165) is 56.3 Å². The number of nitrogens with zero attached hydrogens (tertiary/aromatic N) is 3. The van der Waals surface area contributed by atoms with Gasteiger partial charge in [0.2, 0.25) is 0 Å². The summed E-state index contributed by atoms with van der Waals surface area (Å²) in [5.41, 5.74) is 2.40. The number of carbonyl (C=O) groups excluding carboxylic acids is 2. The molecule has 0 aromatic carbocycles. The van der Waals surface area contributed by atoms with E-state index in [9.17, 15) is 18.0 Å². The van der Waals surface area contributed by atoms with Crippen molar-refractivity contribution in [2.24, 2.45) is 0 Å². The Balaban J connectivity index is 1.32. The van der Waals surface area contributed by atoms with Gasteiger partial charge in [-0.2, -0.15) is 0 Å². The van der Waals surface area contributed by atoms with Crippen LogP contribution in [0.15, 0.2) is 12.3 Å². The van der Waals surface area contributed by atoms with Crippen molar-refractivity contribution < 1.29 is 18.0 Å². The van der Waals surface area contributed by atoms with Crippen molar-refractivity contribution in [2.45, 2.75) is 108 Å². The molecule has 1 atom stereocenters. The van der Waals surface area contributed by atoms with Gasteiger partial charge in [0, 0.05) is 36.4 Å². The Morgan fingerprint density at radius 1 is 0.951 bits per heavy atom. The van der Waals surface area contributed by atoms with E-state index < -0.39 is 9.84 Å². The molecule has 6 rings (SSSR count). The number of carbonyl (C=O) groups is 2. The topological polar surface area (TPSA) is 121 Å². The molecule has 41 heavy (non-hydrogen) atoms. The van der Waals surface area contributed by atoms with E-state index in [4.69, 9.17) is 4.98 Å². The third-order valence-corrected chi connectivity index (χ3v) is 11.9. The molecular formula is C30H41N5O4S2. The van der Waals surface area contributed by atoms with Gasteiger partial charge in [0.25, 0.3) is 11.8 Å². The second-order valence-electron chi connectivity index (χ2n) is 12.3. The fourth-order valence-electron chi connectivity index (χ4n) is 6.49. The number of piperidine rings is 1. The molecule has 222 valence electrons. The minimum absolute atomic E-state index is 0.0787. The van der Waals surface area contributed by atoms with Crippen molar-refractivity contribution in [3.05, 3.63) is 28.5 Å². The van der Waals surface area contributed by atoms with Crippen LogP contribution in [0.5, 0.6) is 0 Å². The minimum atomic E-state index is -3.03. The Kier molecular flexibility index (Phi) is 8.36. The van der Waals surface area contributed by atoms with Crippen LogP contribution in [0, 0.1) is 0 Å². The molecular weight excluding hydrogens is 558 g/mol. The molecule has 9 nitrogen and oxygen atoms in total. The molecule has 0 spiro atoms. The largest absolute Gasteiger partial charge is 0.367 e. The highest BCUT2D eigenvalue weighted by Gasteiger charge is 2.34. The van der Waals surface area contributed by atoms with Gasteiger partial charge >= 0.3 is 0 Å². The fraction of sp³-hybridized carbons (Fsp3) is 0.667. The van der Waals surface area contributed by atoms with Gasteiger partial charge in [0.05, 0.1) is 16.4 Å². The van der Waals surface area contributed by atoms with Crippen molar-refractivity contribution in [1.82, 2.24) is 20.2 Å². The predicted octanol–water partition coefficient (Wildman–Crippen LogP) is 5.15. The molecule has 2 aliphatic carbocycles. The Morgan fingerprint density at radius 3 is 2.39 bits per heavy atom. The van der Waals surface area contributed by atoms with E-state index in [0.29, 0.717) is 41.9 Å². The molecule has 2 saturated carbocycles. The quantitative estimate of drug-likeness (QED) is 0.452. The Bertz CT molecular complexity index is 1380. The van der Waals surface area contributed by atoms with Crippen LogP contribution in [-0.4, -0.2) is 71.3 Å². The number of likely N-dealkylation sites (tertiary alicyclic amines) is 1. The van der Waals surface area contributed by atoms with Gasteiger partial charge in [-0.25, -0.2) is 18.4 Å². The van der Waals surface area contributed by atoms with E-state index in [1.807, 2.05) is 11.1 Å². The van der Waals surface area contributed by atoms with E-state index in [2.05, 4.69) is 28.6 Å². The van der Waals surface area contributed by atoms with E-state index in [-0.39, 0.29) is 40.4 Å². The van der Waals surface area contributed by atoms with Gasteiger partial charge in [0.1, 0.15) is 21.3 Å². The zero-order valence-electron chi connectivity index (χ0n) is 23.9. The average Bonchev–Trinajstić information content (AvgIpc) is 3.72. The minimum Gasteiger partial charge on any atom is -0.367 e. The van der Waals surface area contributed by atoms with Crippen LogP contribution in [0.3, 0.4) is 0 Å². The number of anilines is 1. The molecule has 4 aliphatic rings. The number of nitrogens with one attached hydrogen (secondary N) is 2. The molecule has 11 heteroatoms. The summed E-state index contributed by atoms with van der Waals surface area (Å²) in [5, 5.41) is 6.88. The molecule has 2 N–H and O–H groups in total. The van der Waals surface area contributed by atoms with Crippen LogP contribution in [0.4, 0.5) is 5.82 Å². The van der Waals surface area contributed by atoms with Crippen molar-refractivity contribution in [3.8, 4) is 10.4 Å². The van der Waals surface area contributed by atoms with Crippen molar-refractivity contribution in [2.75, 3.05) is 23.4 Å². The summed E-state index contributed by atoms with van der Waals surface area (Å²) >= 11 is 1.25. The molecule has 2 saturated heterocycles. The summed E-state index contributed by atoms with van der Waals surface area (Å²) in [5.74, 6) is 0.986. The van der Waals surface area contributed by atoms with Crippen LogP contribution in [0.25, 0.3) is 10.4 Å². The maximum Gasteiger partial charge on any atom is 0.280 e. The van der Waals surface area contributed by atoms with E-state index in [1.54, 1.807) is 0 Å². The maximum absolute atomic E-state index is 14.0. The number of pyridine rings is 1. The first-order valence-corrected chi connectivity index (χ1v) is 18.0. The number of aromatic nitrogens is 2. The average molecular weight is 600 g/mol. The summed E-state index contributed by atoms with van der Waals surface area (Å²) in [7, 11) is -3.03. The smallest absolute Gasteiger partial charge is 0.280 e. The first kappa shape index (κ1) is 28.6. The second-order valence-corrected chi connectivity index (χ2v) is 15.7. The zero-order chi connectivity index (χ0) is 28.6. The van der Waals surface area contributed by atoms with Crippen LogP contribution in [0.1, 0.15) is 116 Å². The maximum atomic E-state index is 14.0. The number of rotatable bonds is 7. The normalized spacial score (nSPS) is 23.7. The highest BCUT2D eigenvalue weighted by Crippen LogP contribution is 2.47. The molecule has 0 bridgehead atoms. The van der Waals surface area contributed by atoms with Gasteiger partial charge in [-0.15, -0.1) is 11.3 Å². The van der Waals surface area contributed by atoms with Crippen molar-refractivity contribution >= 4 is 38.8 Å². The van der Waals surface area contributed by atoms with Gasteiger partial charge in [-0.1, -0.05) is 19.3 Å². The fourth-order valence-corrected chi connectivity index (χ4v) is 8.97. The van der Waals surface area contributed by atoms with Crippen LogP contribution >= 0.6 is 11.3 Å². The van der Waals surface area contributed by atoms with E-state index in [1.165, 1.54) is 36.2 Å². The molecule has 2 aromatic heterocycles. The highest BCUT2D eigenvalue weighted by atomic mass is 32.2. The van der Waals surface area contributed by atoms with Crippen LogP contribution in [0.2, 0.25) is 0 Å². The standard InChI is InChI=1S/C30H41N5O4S2/c1-19-7-5-6-14-35(19)30(37)26-27(40-29(34-26)28(36)33-22-12-15-41(38,39)16-13-22)24-18-31-25(17-23(24)20-10-11-20)32-21-8-3-2-4-9-21/h17-22H,2-16H2,1H3,(H,31,32)(H,33,36)/t19-/m0/s1. The summed E-state index contributed by atoms with van der Waals surface area (Å²) in [6.07, 6.45) is 14.0. The zero-order valence-corrected chi connectivity index (χ0v) is 25.5. The lowest BCUT2D eigenvalue weighted by atomic mass is 9.95. The molecule has 0 radical (unpaired) electrons. The van der Waals surface area contributed by atoms with Gasteiger partial charge in [-0.05, 0) is 82.3 Å². The summed E-state index contributed by atoms with van der Waals surface area (Å²) in [4.78, 5) is 39.4. The number of sulfone groups is 1. The van der Waals surface area contributed by atoms with Gasteiger partial charge < -0.3 is 15.5 Å². The molecule has 4 heterocycles. The number of amides is 2. The van der Waals surface area contributed by atoms with Gasteiger partial charge in [0.15, 0.2) is 5.01 Å². The molecule has 0 unspecified atom stereocenters. The summed E-state index contributed by atoms with van der Waals surface area (Å²) < 4.78 is 23.7. The lowest BCUT2D eigenvalue weighted by Crippen LogP contribution is -2.42. The van der Waals surface area contributed by atoms with Crippen molar-refractivity contribution in [3.63, 3.8) is 0 Å². The first-order chi connectivity index (χ1) is 19.8. The van der Waals surface area contributed by atoms with Crippen LogP contribution in [-0.2, 0) is 9.84 Å². The summed E-state index contributed by atoms with van der Waals surface area (Å²) in [6.45, 7) is 2.77. The van der Waals surface area contributed by atoms with Crippen molar-refractivity contribution in [1.29, 1.82) is 0 Å².